The minimum absolute atomic E-state index is 0.578. The summed E-state index contributed by atoms with van der Waals surface area (Å²) in [6.07, 6.45) is 0. The van der Waals surface area contributed by atoms with Gasteiger partial charge in [0, 0.05) is 10.2 Å². The summed E-state index contributed by atoms with van der Waals surface area (Å²) in [4.78, 5) is 4.49. The molecule has 2 aromatic carbocycles. The molecule has 0 spiro atoms. The van der Waals surface area contributed by atoms with Gasteiger partial charge in [-0.1, -0.05) is 6.07 Å². The summed E-state index contributed by atoms with van der Waals surface area (Å²) >= 11 is 3.48. The molecule has 0 aliphatic heterocycles. The highest BCUT2D eigenvalue weighted by atomic mass is 79.9. The van der Waals surface area contributed by atoms with Gasteiger partial charge in [0.05, 0.1) is 5.56 Å². The van der Waals surface area contributed by atoms with E-state index in [9.17, 15) is 0 Å². The van der Waals surface area contributed by atoms with Gasteiger partial charge in [-0.2, -0.15) is 0 Å². The summed E-state index contributed by atoms with van der Waals surface area (Å²) in [7, 11) is 0. The van der Waals surface area contributed by atoms with Crippen molar-refractivity contribution in [2.24, 2.45) is 0 Å². The smallest absolute Gasteiger partial charge is 0.228 e. The van der Waals surface area contributed by atoms with Crippen molar-refractivity contribution in [3.8, 4) is 11.5 Å². The molecule has 0 radical (unpaired) electrons. The SMILES string of the molecule is Cc1ccc2oc(-c3cc(N)ccc3Br)nc2c1. The van der Waals surface area contributed by atoms with Gasteiger partial charge in [-0.3, -0.25) is 0 Å². The van der Waals surface area contributed by atoms with Gasteiger partial charge < -0.3 is 10.2 Å². The quantitative estimate of drug-likeness (QED) is 0.687. The number of nitrogens with zero attached hydrogens (tertiary/aromatic N) is 1. The van der Waals surface area contributed by atoms with Crippen LogP contribution in [-0.4, -0.2) is 4.98 Å². The summed E-state index contributed by atoms with van der Waals surface area (Å²) in [5.74, 6) is 0.578. The maximum Gasteiger partial charge on any atom is 0.228 e. The zero-order valence-corrected chi connectivity index (χ0v) is 11.4. The van der Waals surface area contributed by atoms with Crippen molar-refractivity contribution in [1.29, 1.82) is 0 Å². The predicted molar refractivity (Wildman–Crippen MR) is 76.3 cm³/mol. The van der Waals surface area contributed by atoms with Crippen LogP contribution in [-0.2, 0) is 0 Å². The van der Waals surface area contributed by atoms with Gasteiger partial charge in [0.2, 0.25) is 5.89 Å². The third kappa shape index (κ3) is 1.88. The van der Waals surface area contributed by atoms with Crippen LogP contribution in [0.5, 0.6) is 0 Å². The molecule has 0 saturated carbocycles. The van der Waals surface area contributed by atoms with E-state index in [2.05, 4.69) is 20.9 Å². The first-order valence-electron chi connectivity index (χ1n) is 5.56. The summed E-state index contributed by atoms with van der Waals surface area (Å²) < 4.78 is 6.66. The Morgan fingerprint density at radius 1 is 1.17 bits per heavy atom. The monoisotopic (exact) mass is 302 g/mol. The van der Waals surface area contributed by atoms with Gasteiger partial charge >= 0.3 is 0 Å². The van der Waals surface area contributed by atoms with E-state index in [0.717, 1.165) is 26.7 Å². The zero-order chi connectivity index (χ0) is 12.7. The summed E-state index contributed by atoms with van der Waals surface area (Å²) in [6.45, 7) is 2.03. The molecule has 1 aromatic heterocycles. The lowest BCUT2D eigenvalue weighted by Crippen LogP contribution is -1.86. The number of aromatic nitrogens is 1. The second-order valence-electron chi connectivity index (χ2n) is 4.23. The largest absolute Gasteiger partial charge is 0.436 e. The minimum atomic E-state index is 0.578. The zero-order valence-electron chi connectivity index (χ0n) is 9.77. The van der Waals surface area contributed by atoms with Gasteiger partial charge in [0.1, 0.15) is 5.52 Å². The summed E-state index contributed by atoms with van der Waals surface area (Å²) in [6, 6.07) is 11.5. The van der Waals surface area contributed by atoms with Crippen LogP contribution in [0.25, 0.3) is 22.6 Å². The van der Waals surface area contributed by atoms with Crippen molar-refractivity contribution >= 4 is 32.7 Å². The molecular formula is C14H11BrN2O. The molecule has 0 aliphatic rings. The topological polar surface area (TPSA) is 52.0 Å². The number of aryl methyl sites for hydroxylation is 1. The molecule has 0 amide bonds. The van der Waals surface area contributed by atoms with Crippen molar-refractivity contribution in [1.82, 2.24) is 4.98 Å². The van der Waals surface area contributed by atoms with E-state index < -0.39 is 0 Å². The molecule has 0 fully saturated rings. The number of rotatable bonds is 1. The van der Waals surface area contributed by atoms with Crippen LogP contribution in [0.1, 0.15) is 5.56 Å². The number of hydrogen-bond donors (Lipinski definition) is 1. The fourth-order valence-corrected chi connectivity index (χ4v) is 2.28. The molecule has 18 heavy (non-hydrogen) atoms. The van der Waals surface area contributed by atoms with E-state index in [4.69, 9.17) is 10.2 Å². The average molecular weight is 303 g/mol. The third-order valence-corrected chi connectivity index (χ3v) is 3.46. The van der Waals surface area contributed by atoms with Crippen LogP contribution in [0.2, 0.25) is 0 Å². The van der Waals surface area contributed by atoms with Gasteiger partial charge in [-0.05, 0) is 58.7 Å². The molecule has 3 nitrogen and oxygen atoms in total. The molecule has 1 heterocycles. The Bertz CT molecular complexity index is 734. The number of halogens is 1. The van der Waals surface area contributed by atoms with E-state index in [0.29, 0.717) is 11.6 Å². The lowest BCUT2D eigenvalue weighted by Gasteiger charge is -2.00. The molecule has 3 rings (SSSR count). The van der Waals surface area contributed by atoms with Gasteiger partial charge in [-0.25, -0.2) is 4.98 Å². The number of oxazole rings is 1. The van der Waals surface area contributed by atoms with E-state index in [1.165, 1.54) is 0 Å². The Morgan fingerprint density at radius 3 is 2.83 bits per heavy atom. The van der Waals surface area contributed by atoms with Crippen molar-refractivity contribution in [3.05, 3.63) is 46.4 Å². The van der Waals surface area contributed by atoms with E-state index in [1.807, 2.05) is 43.3 Å². The molecular weight excluding hydrogens is 292 g/mol. The van der Waals surface area contributed by atoms with Crippen LogP contribution in [0.4, 0.5) is 5.69 Å². The van der Waals surface area contributed by atoms with Gasteiger partial charge in [0.15, 0.2) is 5.58 Å². The first kappa shape index (κ1) is 11.3. The van der Waals surface area contributed by atoms with Crippen molar-refractivity contribution in [2.75, 3.05) is 5.73 Å². The molecule has 0 aliphatic carbocycles. The van der Waals surface area contributed by atoms with Crippen LogP contribution < -0.4 is 5.73 Å². The Kier molecular flexibility index (Phi) is 2.59. The Morgan fingerprint density at radius 2 is 2.00 bits per heavy atom. The van der Waals surface area contributed by atoms with Crippen LogP contribution in [0.3, 0.4) is 0 Å². The fourth-order valence-electron chi connectivity index (χ4n) is 1.86. The number of hydrogen-bond acceptors (Lipinski definition) is 3. The maximum absolute atomic E-state index is 5.79. The molecule has 0 atom stereocenters. The lowest BCUT2D eigenvalue weighted by molar-refractivity contribution is 0.619. The molecule has 90 valence electrons. The molecule has 0 bridgehead atoms. The van der Waals surface area contributed by atoms with E-state index in [1.54, 1.807) is 0 Å². The number of nitrogen functional groups attached to an aromatic ring is 1. The first-order valence-corrected chi connectivity index (χ1v) is 6.35. The second kappa shape index (κ2) is 4.14. The normalized spacial score (nSPS) is 11.0. The first-order chi connectivity index (χ1) is 8.63. The van der Waals surface area contributed by atoms with E-state index >= 15 is 0 Å². The Labute approximate surface area is 113 Å². The van der Waals surface area contributed by atoms with Crippen LogP contribution in [0, 0.1) is 6.92 Å². The van der Waals surface area contributed by atoms with Crippen LogP contribution >= 0.6 is 15.9 Å². The Hall–Kier alpha value is -1.81. The lowest BCUT2D eigenvalue weighted by atomic mass is 10.2. The number of fused-ring (bicyclic) bond motifs is 1. The number of benzene rings is 2. The summed E-state index contributed by atoms with van der Waals surface area (Å²) in [5.41, 5.74) is 10.1. The Balaban J connectivity index is 2.22. The van der Waals surface area contributed by atoms with E-state index in [-0.39, 0.29) is 0 Å². The van der Waals surface area contributed by atoms with Gasteiger partial charge in [0.25, 0.3) is 0 Å². The molecule has 0 unspecified atom stereocenters. The highest BCUT2D eigenvalue weighted by Crippen LogP contribution is 2.31. The van der Waals surface area contributed by atoms with Crippen molar-refractivity contribution in [2.45, 2.75) is 6.92 Å². The van der Waals surface area contributed by atoms with Crippen LogP contribution in [0.15, 0.2) is 45.3 Å². The highest BCUT2D eigenvalue weighted by Gasteiger charge is 2.11. The minimum Gasteiger partial charge on any atom is -0.436 e. The summed E-state index contributed by atoms with van der Waals surface area (Å²) in [5, 5.41) is 0. The number of anilines is 1. The predicted octanol–water partition coefficient (Wildman–Crippen LogP) is 4.15. The molecule has 0 saturated heterocycles. The third-order valence-electron chi connectivity index (χ3n) is 2.76. The van der Waals surface area contributed by atoms with Crippen molar-refractivity contribution in [3.63, 3.8) is 0 Å². The highest BCUT2D eigenvalue weighted by molar-refractivity contribution is 9.10. The fraction of sp³-hybridized carbons (Fsp3) is 0.0714. The maximum atomic E-state index is 5.79. The standard InChI is InChI=1S/C14H11BrN2O/c1-8-2-5-13-12(6-8)17-14(18-13)10-7-9(16)3-4-11(10)15/h2-7H,16H2,1H3. The molecule has 4 heteroatoms. The molecule has 2 N–H and O–H groups in total. The van der Waals surface area contributed by atoms with Crippen molar-refractivity contribution < 1.29 is 4.42 Å². The average Bonchev–Trinajstić information content (AvgIpc) is 2.74. The molecule has 3 aromatic rings. The second-order valence-corrected chi connectivity index (χ2v) is 5.08. The number of nitrogens with two attached hydrogens (primary N) is 1. The van der Waals surface area contributed by atoms with Gasteiger partial charge in [-0.15, -0.1) is 0 Å².